The summed E-state index contributed by atoms with van der Waals surface area (Å²) < 4.78 is 14.4. The van der Waals surface area contributed by atoms with Crippen LogP contribution in [0.2, 0.25) is 0 Å². The molecule has 0 saturated carbocycles. The van der Waals surface area contributed by atoms with Gasteiger partial charge in [-0.1, -0.05) is 15.9 Å². The molecule has 1 fully saturated rings. The highest BCUT2D eigenvalue weighted by Gasteiger charge is 2.40. The minimum absolute atomic E-state index is 0.00264. The highest BCUT2D eigenvalue weighted by Crippen LogP contribution is 2.27. The standard InChI is InChI=1S/C14H15BrFNO2/c1-14(2)12(18)4-3-7-17(14)13(19)10-8-9(15)5-6-11(10)16/h5-6,8H,3-4,7H2,1-2H3. The largest absolute Gasteiger partial charge is 0.326 e. The van der Waals surface area contributed by atoms with Crippen LogP contribution in [0.4, 0.5) is 4.39 Å². The molecular weight excluding hydrogens is 313 g/mol. The van der Waals surface area contributed by atoms with E-state index in [0.717, 1.165) is 0 Å². The van der Waals surface area contributed by atoms with Gasteiger partial charge < -0.3 is 4.90 Å². The molecule has 0 aliphatic carbocycles. The van der Waals surface area contributed by atoms with Crippen molar-refractivity contribution in [1.29, 1.82) is 0 Å². The molecule has 5 heteroatoms. The third-order valence-electron chi connectivity index (χ3n) is 3.55. The van der Waals surface area contributed by atoms with Gasteiger partial charge in [-0.25, -0.2) is 4.39 Å². The van der Waals surface area contributed by atoms with Crippen molar-refractivity contribution in [3.63, 3.8) is 0 Å². The average molecular weight is 328 g/mol. The van der Waals surface area contributed by atoms with Gasteiger partial charge in [-0.15, -0.1) is 0 Å². The number of halogens is 2. The number of Topliss-reactive ketones (excluding diaryl/α,β-unsaturated/α-hetero) is 1. The van der Waals surface area contributed by atoms with E-state index < -0.39 is 17.3 Å². The zero-order chi connectivity index (χ0) is 14.2. The average Bonchev–Trinajstić information content (AvgIpc) is 2.35. The van der Waals surface area contributed by atoms with Crippen LogP contribution in [-0.4, -0.2) is 28.7 Å². The fraction of sp³-hybridized carbons (Fsp3) is 0.429. The Balaban J connectivity index is 2.38. The number of likely N-dealkylation sites (tertiary alicyclic amines) is 1. The van der Waals surface area contributed by atoms with Crippen molar-refractivity contribution in [3.05, 3.63) is 34.1 Å². The number of carbonyl (C=O) groups is 2. The second-order valence-electron chi connectivity index (χ2n) is 5.17. The Hall–Kier alpha value is -1.23. The van der Waals surface area contributed by atoms with E-state index in [-0.39, 0.29) is 11.3 Å². The van der Waals surface area contributed by atoms with Gasteiger partial charge in [0.05, 0.1) is 11.1 Å². The number of nitrogens with zero attached hydrogens (tertiary/aromatic N) is 1. The normalized spacial score (nSPS) is 18.5. The van der Waals surface area contributed by atoms with E-state index in [9.17, 15) is 14.0 Å². The molecule has 1 aromatic rings. The number of hydrogen-bond donors (Lipinski definition) is 0. The van der Waals surface area contributed by atoms with Gasteiger partial charge in [0.15, 0.2) is 5.78 Å². The maximum atomic E-state index is 13.8. The second kappa shape index (κ2) is 5.04. The van der Waals surface area contributed by atoms with Crippen molar-refractivity contribution in [2.45, 2.75) is 32.2 Å². The molecule has 1 amide bonds. The van der Waals surface area contributed by atoms with E-state index >= 15 is 0 Å². The van der Waals surface area contributed by atoms with Crippen LogP contribution >= 0.6 is 15.9 Å². The van der Waals surface area contributed by atoms with E-state index in [1.165, 1.54) is 17.0 Å². The fourth-order valence-electron chi connectivity index (χ4n) is 2.30. The molecule has 0 spiro atoms. The molecule has 0 N–H and O–H groups in total. The van der Waals surface area contributed by atoms with E-state index in [4.69, 9.17) is 0 Å². The zero-order valence-electron chi connectivity index (χ0n) is 10.9. The molecule has 102 valence electrons. The lowest BCUT2D eigenvalue weighted by Crippen LogP contribution is -2.56. The summed E-state index contributed by atoms with van der Waals surface area (Å²) in [7, 11) is 0. The maximum Gasteiger partial charge on any atom is 0.257 e. The molecule has 1 aliphatic rings. The fourth-order valence-corrected chi connectivity index (χ4v) is 2.66. The first-order chi connectivity index (χ1) is 8.84. The molecule has 2 rings (SSSR count). The summed E-state index contributed by atoms with van der Waals surface area (Å²) in [5, 5.41) is 0. The lowest BCUT2D eigenvalue weighted by Gasteiger charge is -2.41. The van der Waals surface area contributed by atoms with Crippen molar-refractivity contribution >= 4 is 27.6 Å². The van der Waals surface area contributed by atoms with E-state index in [2.05, 4.69) is 15.9 Å². The minimum atomic E-state index is -0.871. The van der Waals surface area contributed by atoms with Crippen LogP contribution in [0.25, 0.3) is 0 Å². The van der Waals surface area contributed by atoms with Crippen LogP contribution in [0.1, 0.15) is 37.0 Å². The van der Waals surface area contributed by atoms with Gasteiger partial charge in [0, 0.05) is 17.4 Å². The molecule has 0 atom stereocenters. The van der Waals surface area contributed by atoms with Gasteiger partial charge in [-0.05, 0) is 38.5 Å². The minimum Gasteiger partial charge on any atom is -0.326 e. The second-order valence-corrected chi connectivity index (χ2v) is 6.08. The van der Waals surface area contributed by atoms with Crippen LogP contribution in [0.3, 0.4) is 0 Å². The van der Waals surface area contributed by atoms with Gasteiger partial charge in [-0.2, -0.15) is 0 Å². The summed E-state index contributed by atoms with van der Waals surface area (Å²) in [5.74, 6) is -0.985. The molecule has 1 aromatic carbocycles. The first-order valence-corrected chi connectivity index (χ1v) is 6.93. The molecule has 19 heavy (non-hydrogen) atoms. The Morgan fingerprint density at radius 2 is 2.11 bits per heavy atom. The van der Waals surface area contributed by atoms with Crippen molar-refractivity contribution < 1.29 is 14.0 Å². The first-order valence-electron chi connectivity index (χ1n) is 6.14. The van der Waals surface area contributed by atoms with Crippen molar-refractivity contribution in [3.8, 4) is 0 Å². The highest BCUT2D eigenvalue weighted by molar-refractivity contribution is 9.10. The Bertz CT molecular complexity index is 542. The molecule has 0 aromatic heterocycles. The predicted octanol–water partition coefficient (Wildman–Crippen LogP) is 3.17. The summed E-state index contributed by atoms with van der Waals surface area (Å²) in [5.41, 5.74) is -0.874. The first kappa shape index (κ1) is 14.2. The Morgan fingerprint density at radius 1 is 1.42 bits per heavy atom. The van der Waals surface area contributed by atoms with Crippen LogP contribution < -0.4 is 0 Å². The number of amides is 1. The van der Waals surface area contributed by atoms with Gasteiger partial charge in [0.2, 0.25) is 0 Å². The van der Waals surface area contributed by atoms with Gasteiger partial charge in [0.1, 0.15) is 5.82 Å². The predicted molar refractivity (Wildman–Crippen MR) is 73.5 cm³/mol. The quantitative estimate of drug-likeness (QED) is 0.794. The zero-order valence-corrected chi connectivity index (χ0v) is 12.5. The molecule has 1 aliphatic heterocycles. The Morgan fingerprint density at radius 3 is 2.79 bits per heavy atom. The smallest absolute Gasteiger partial charge is 0.257 e. The van der Waals surface area contributed by atoms with E-state index in [1.54, 1.807) is 19.9 Å². The van der Waals surface area contributed by atoms with Crippen LogP contribution in [-0.2, 0) is 4.79 Å². The Kier molecular flexibility index (Phi) is 3.76. The SMILES string of the molecule is CC1(C)C(=O)CCCN1C(=O)c1cc(Br)ccc1F. The molecule has 0 radical (unpaired) electrons. The topological polar surface area (TPSA) is 37.4 Å². The summed E-state index contributed by atoms with van der Waals surface area (Å²) in [6, 6.07) is 4.24. The van der Waals surface area contributed by atoms with Crippen LogP contribution in [0.15, 0.2) is 22.7 Å². The number of ketones is 1. The van der Waals surface area contributed by atoms with Crippen molar-refractivity contribution in [2.75, 3.05) is 6.54 Å². The van der Waals surface area contributed by atoms with E-state index in [0.29, 0.717) is 23.9 Å². The molecule has 1 heterocycles. The number of piperidine rings is 1. The number of rotatable bonds is 1. The molecular formula is C14H15BrFNO2. The van der Waals surface area contributed by atoms with Crippen molar-refractivity contribution in [1.82, 2.24) is 4.90 Å². The number of hydrogen-bond acceptors (Lipinski definition) is 2. The maximum absolute atomic E-state index is 13.8. The third kappa shape index (κ3) is 2.56. The molecule has 0 unspecified atom stereocenters. The summed E-state index contributed by atoms with van der Waals surface area (Å²) in [6.07, 6.45) is 1.10. The van der Waals surface area contributed by atoms with Gasteiger partial charge in [0.25, 0.3) is 5.91 Å². The molecule has 1 saturated heterocycles. The van der Waals surface area contributed by atoms with Gasteiger partial charge >= 0.3 is 0 Å². The summed E-state index contributed by atoms with van der Waals surface area (Å²) in [6.45, 7) is 3.90. The lowest BCUT2D eigenvalue weighted by molar-refractivity contribution is -0.130. The van der Waals surface area contributed by atoms with E-state index in [1.807, 2.05) is 0 Å². The van der Waals surface area contributed by atoms with Crippen LogP contribution in [0, 0.1) is 5.82 Å². The van der Waals surface area contributed by atoms with Crippen molar-refractivity contribution in [2.24, 2.45) is 0 Å². The number of benzene rings is 1. The summed E-state index contributed by atoms with van der Waals surface area (Å²) in [4.78, 5) is 25.8. The monoisotopic (exact) mass is 327 g/mol. The molecule has 3 nitrogen and oxygen atoms in total. The summed E-state index contributed by atoms with van der Waals surface area (Å²) >= 11 is 3.22. The molecule has 0 bridgehead atoms. The third-order valence-corrected chi connectivity index (χ3v) is 4.04. The lowest BCUT2D eigenvalue weighted by atomic mass is 9.88. The van der Waals surface area contributed by atoms with Crippen LogP contribution in [0.5, 0.6) is 0 Å². The van der Waals surface area contributed by atoms with Gasteiger partial charge in [-0.3, -0.25) is 9.59 Å². The highest BCUT2D eigenvalue weighted by atomic mass is 79.9. The Labute approximate surface area is 119 Å². The number of carbonyl (C=O) groups excluding carboxylic acids is 2.